The summed E-state index contributed by atoms with van der Waals surface area (Å²) in [5.74, 6) is 1.58. The number of nitrogens with zero attached hydrogens (tertiary/aromatic N) is 5. The van der Waals surface area contributed by atoms with E-state index in [0.717, 1.165) is 22.0 Å². The molecule has 31 heavy (non-hydrogen) atoms. The molecule has 0 fully saturated rings. The Morgan fingerprint density at radius 1 is 1.10 bits per heavy atom. The average molecular weight is 436 g/mol. The third-order valence-electron chi connectivity index (χ3n) is 5.02. The van der Waals surface area contributed by atoms with E-state index in [1.54, 1.807) is 21.3 Å². The summed E-state index contributed by atoms with van der Waals surface area (Å²) in [6, 6.07) is 11.1. The lowest BCUT2D eigenvalue weighted by Crippen LogP contribution is -2.13. The third kappa shape index (κ3) is 3.64. The molecule has 0 aliphatic heterocycles. The van der Waals surface area contributed by atoms with Crippen LogP contribution in [0.15, 0.2) is 43.0 Å². The number of nitriles is 1. The molecule has 0 radical (unpaired) electrons. The number of benzene rings is 2. The van der Waals surface area contributed by atoms with Crippen LogP contribution < -0.4 is 14.2 Å². The van der Waals surface area contributed by atoms with Gasteiger partial charge < -0.3 is 14.2 Å². The summed E-state index contributed by atoms with van der Waals surface area (Å²) in [5, 5.41) is 21.7. The Balaban J connectivity index is 1.80. The Labute approximate surface area is 184 Å². The van der Waals surface area contributed by atoms with Crippen molar-refractivity contribution in [3.63, 3.8) is 0 Å². The first kappa shape index (κ1) is 20.6. The van der Waals surface area contributed by atoms with E-state index in [0.29, 0.717) is 22.9 Å². The van der Waals surface area contributed by atoms with E-state index in [2.05, 4.69) is 26.3 Å². The second-order valence-corrected chi connectivity index (χ2v) is 7.24. The minimum atomic E-state index is -0.611. The van der Waals surface area contributed by atoms with Gasteiger partial charge in [0.25, 0.3) is 0 Å². The molecule has 0 saturated carbocycles. The molecule has 4 aromatic rings. The van der Waals surface area contributed by atoms with E-state index in [4.69, 9.17) is 26.8 Å². The summed E-state index contributed by atoms with van der Waals surface area (Å²) >= 11 is 4.70. The van der Waals surface area contributed by atoms with Crippen molar-refractivity contribution in [1.82, 2.24) is 25.0 Å². The zero-order valence-electron chi connectivity index (χ0n) is 17.1. The van der Waals surface area contributed by atoms with Gasteiger partial charge in [-0.05, 0) is 29.8 Å². The van der Waals surface area contributed by atoms with Crippen LogP contribution in [-0.4, -0.2) is 46.3 Å². The number of hydrogen-bond acceptors (Lipinski definition) is 8. The van der Waals surface area contributed by atoms with Crippen LogP contribution in [-0.2, 0) is 0 Å². The van der Waals surface area contributed by atoms with Gasteiger partial charge in [-0.1, -0.05) is 6.07 Å². The van der Waals surface area contributed by atoms with Crippen molar-refractivity contribution in [3.05, 3.63) is 48.5 Å². The predicted octanol–water partition coefficient (Wildman–Crippen LogP) is 3.58. The Hall–Kier alpha value is -3.71. The fourth-order valence-corrected chi connectivity index (χ4v) is 3.84. The second-order valence-electron chi connectivity index (χ2n) is 6.69. The molecule has 2 aromatic heterocycles. The number of methoxy groups -OCH3 is 3. The highest BCUT2D eigenvalue weighted by Gasteiger charge is 2.24. The number of fused-ring (bicyclic) bond motifs is 1. The average Bonchev–Trinajstić information content (AvgIpc) is 3.48. The maximum atomic E-state index is 9.65. The molecule has 0 bridgehead atoms. The number of nitrogens with one attached hydrogen (secondary N) is 1. The quantitative estimate of drug-likeness (QED) is 0.426. The minimum absolute atomic E-state index is 0.418. The van der Waals surface area contributed by atoms with Crippen LogP contribution in [0.5, 0.6) is 17.2 Å². The molecule has 4 rings (SSSR count). The number of rotatable bonds is 7. The lowest BCUT2D eigenvalue weighted by atomic mass is 10.0. The number of H-pyrrole nitrogens is 1. The van der Waals surface area contributed by atoms with Gasteiger partial charge in [0, 0.05) is 10.9 Å². The highest BCUT2D eigenvalue weighted by atomic mass is 32.1. The Morgan fingerprint density at radius 2 is 1.84 bits per heavy atom. The van der Waals surface area contributed by atoms with Crippen molar-refractivity contribution < 1.29 is 14.2 Å². The van der Waals surface area contributed by atoms with Gasteiger partial charge in [-0.15, -0.1) is 0 Å². The van der Waals surface area contributed by atoms with Crippen LogP contribution in [0.3, 0.4) is 0 Å². The molecule has 158 valence electrons. The van der Waals surface area contributed by atoms with Crippen LogP contribution in [0, 0.1) is 11.3 Å². The van der Waals surface area contributed by atoms with E-state index in [9.17, 15) is 5.26 Å². The molecule has 0 saturated heterocycles. The van der Waals surface area contributed by atoms with E-state index in [1.165, 1.54) is 17.3 Å². The zero-order chi connectivity index (χ0) is 22.0. The first-order valence-corrected chi connectivity index (χ1v) is 9.83. The van der Waals surface area contributed by atoms with Gasteiger partial charge in [-0.3, -0.25) is 5.10 Å². The van der Waals surface area contributed by atoms with Gasteiger partial charge in [-0.25, -0.2) is 9.67 Å². The molecule has 0 spiro atoms. The van der Waals surface area contributed by atoms with Crippen molar-refractivity contribution in [2.75, 3.05) is 21.3 Å². The Bertz CT molecular complexity index is 1220. The van der Waals surface area contributed by atoms with Gasteiger partial charge in [0.05, 0.1) is 38.2 Å². The molecule has 1 N–H and O–H groups in total. The molecule has 0 aliphatic rings. The standard InChI is InChI=1S/C21H20N6O3S/c1-28-17-7-13(8-18(29-2)20(17)30-3)19-14-6-12(4-5-15(14)25-26-19)21(31)16(9-22)27-11-23-10-24-27/h4-8,10-11,16,21,31H,1-3H3,(H,25,26)/t16-,21+/m1/s1. The largest absolute Gasteiger partial charge is 0.493 e. The number of aromatic amines is 1. The van der Waals surface area contributed by atoms with Gasteiger partial charge in [0.1, 0.15) is 18.3 Å². The molecule has 0 amide bonds. The number of thiol groups is 1. The summed E-state index contributed by atoms with van der Waals surface area (Å²) in [6.07, 6.45) is 2.90. The first-order valence-electron chi connectivity index (χ1n) is 9.31. The first-order chi connectivity index (χ1) is 15.1. The summed E-state index contributed by atoms with van der Waals surface area (Å²) < 4.78 is 17.9. The minimum Gasteiger partial charge on any atom is -0.493 e. The summed E-state index contributed by atoms with van der Waals surface area (Å²) in [6.45, 7) is 0. The third-order valence-corrected chi connectivity index (χ3v) is 5.60. The van der Waals surface area contributed by atoms with Crippen LogP contribution in [0.25, 0.3) is 22.2 Å². The molecule has 9 nitrogen and oxygen atoms in total. The lowest BCUT2D eigenvalue weighted by Gasteiger charge is -2.17. The highest BCUT2D eigenvalue weighted by Crippen LogP contribution is 2.42. The Morgan fingerprint density at radius 3 is 2.42 bits per heavy atom. The van der Waals surface area contributed by atoms with Crippen LogP contribution in [0.2, 0.25) is 0 Å². The number of ether oxygens (including phenoxy) is 3. The smallest absolute Gasteiger partial charge is 0.203 e. The maximum absolute atomic E-state index is 9.65. The summed E-state index contributed by atoms with van der Waals surface area (Å²) in [7, 11) is 4.70. The molecule has 0 unspecified atom stereocenters. The van der Waals surface area contributed by atoms with Gasteiger partial charge in [0.15, 0.2) is 17.5 Å². The molecular weight excluding hydrogens is 416 g/mol. The van der Waals surface area contributed by atoms with Gasteiger partial charge >= 0.3 is 0 Å². The number of aromatic nitrogens is 5. The van der Waals surface area contributed by atoms with Crippen molar-refractivity contribution in [2.45, 2.75) is 11.3 Å². The molecule has 2 heterocycles. The van der Waals surface area contributed by atoms with Gasteiger partial charge in [0.2, 0.25) is 5.75 Å². The lowest BCUT2D eigenvalue weighted by molar-refractivity contribution is 0.324. The van der Waals surface area contributed by atoms with E-state index in [-0.39, 0.29) is 0 Å². The summed E-state index contributed by atoms with van der Waals surface area (Å²) in [5.41, 5.74) is 3.21. The van der Waals surface area contributed by atoms with E-state index in [1.807, 2.05) is 30.3 Å². The van der Waals surface area contributed by atoms with Gasteiger partial charge in [-0.2, -0.15) is 28.1 Å². The van der Waals surface area contributed by atoms with E-state index < -0.39 is 11.3 Å². The molecule has 0 aliphatic carbocycles. The van der Waals surface area contributed by atoms with Crippen LogP contribution in [0.1, 0.15) is 16.9 Å². The second kappa shape index (κ2) is 8.57. The normalized spacial score (nSPS) is 12.9. The monoisotopic (exact) mass is 436 g/mol. The van der Waals surface area contributed by atoms with Crippen molar-refractivity contribution in [1.29, 1.82) is 5.26 Å². The van der Waals surface area contributed by atoms with Crippen molar-refractivity contribution >= 4 is 23.5 Å². The van der Waals surface area contributed by atoms with E-state index >= 15 is 0 Å². The molecule has 2 aromatic carbocycles. The van der Waals surface area contributed by atoms with Crippen LogP contribution >= 0.6 is 12.6 Å². The molecular formula is C21H20N6O3S. The predicted molar refractivity (Wildman–Crippen MR) is 118 cm³/mol. The number of hydrogen-bond donors (Lipinski definition) is 2. The molecule has 2 atom stereocenters. The van der Waals surface area contributed by atoms with Crippen molar-refractivity contribution in [2.24, 2.45) is 0 Å². The van der Waals surface area contributed by atoms with Crippen LogP contribution in [0.4, 0.5) is 0 Å². The molecule has 10 heteroatoms. The fourth-order valence-electron chi connectivity index (χ4n) is 3.47. The highest BCUT2D eigenvalue weighted by molar-refractivity contribution is 7.80. The maximum Gasteiger partial charge on any atom is 0.203 e. The van der Waals surface area contributed by atoms with Crippen molar-refractivity contribution in [3.8, 4) is 34.6 Å². The topological polar surface area (TPSA) is 111 Å². The fraction of sp³-hybridized carbons (Fsp3) is 0.238. The zero-order valence-corrected chi connectivity index (χ0v) is 18.0. The SMILES string of the molecule is COc1cc(-c2n[nH]c3ccc([C@H](S)[C@@H](C#N)n4cncn4)cc23)cc(OC)c1OC. The summed E-state index contributed by atoms with van der Waals surface area (Å²) in [4.78, 5) is 3.93. The Kier molecular flexibility index (Phi) is 5.68.